The molecule has 0 aromatic heterocycles. The molecule has 0 amide bonds. The molecule has 0 heterocycles. The summed E-state index contributed by atoms with van der Waals surface area (Å²) in [6.07, 6.45) is 11.4. The van der Waals surface area contributed by atoms with Crippen molar-refractivity contribution in [3.63, 3.8) is 0 Å². The summed E-state index contributed by atoms with van der Waals surface area (Å²) >= 11 is 0. The van der Waals surface area contributed by atoms with E-state index in [9.17, 15) is 10.2 Å². The Bertz CT molecular complexity index is 470. The summed E-state index contributed by atoms with van der Waals surface area (Å²) in [4.78, 5) is 0. The summed E-state index contributed by atoms with van der Waals surface area (Å²) in [7, 11) is 0. The van der Waals surface area contributed by atoms with Crippen LogP contribution < -0.4 is 0 Å². The van der Waals surface area contributed by atoms with Crippen molar-refractivity contribution in [3.05, 3.63) is 11.8 Å². The van der Waals surface area contributed by atoms with Gasteiger partial charge in [0.25, 0.3) is 0 Å². The maximum atomic E-state index is 10.5. The molecule has 0 aromatic rings. The van der Waals surface area contributed by atoms with E-state index in [0.29, 0.717) is 17.1 Å². The van der Waals surface area contributed by atoms with Crippen LogP contribution in [0.3, 0.4) is 0 Å². The van der Waals surface area contributed by atoms with E-state index in [-0.39, 0.29) is 11.5 Å². The summed E-state index contributed by atoms with van der Waals surface area (Å²) in [5.41, 5.74) is 0.584. The van der Waals surface area contributed by atoms with Crippen molar-refractivity contribution in [1.29, 1.82) is 0 Å². The molecule has 0 aromatic carbocycles. The van der Waals surface area contributed by atoms with Gasteiger partial charge in [-0.1, -0.05) is 13.8 Å². The second-order valence-electron chi connectivity index (χ2n) is 8.90. The summed E-state index contributed by atoms with van der Waals surface area (Å²) < 4.78 is 0. The van der Waals surface area contributed by atoms with Crippen LogP contribution in [0.1, 0.15) is 65.2 Å². The zero-order chi connectivity index (χ0) is 14.8. The number of aliphatic hydroxyl groups is 2. The van der Waals surface area contributed by atoms with E-state index in [2.05, 4.69) is 19.9 Å². The minimum atomic E-state index is -0.0655. The third-order valence-electron chi connectivity index (χ3n) is 8.25. The Kier molecular flexibility index (Phi) is 3.03. The van der Waals surface area contributed by atoms with Crippen LogP contribution in [0.15, 0.2) is 11.8 Å². The van der Waals surface area contributed by atoms with E-state index in [1.807, 2.05) is 0 Å². The smallest absolute Gasteiger partial charge is 0.0886 e. The minimum absolute atomic E-state index is 0.0655. The first-order valence-corrected chi connectivity index (χ1v) is 9.01. The maximum absolute atomic E-state index is 10.5. The highest BCUT2D eigenvalue weighted by Gasteiger charge is 2.59. The maximum Gasteiger partial charge on any atom is 0.0886 e. The van der Waals surface area contributed by atoms with Gasteiger partial charge >= 0.3 is 0 Å². The van der Waals surface area contributed by atoms with Crippen molar-refractivity contribution in [3.8, 4) is 0 Å². The highest BCUT2D eigenvalue weighted by atomic mass is 16.3. The van der Waals surface area contributed by atoms with Crippen LogP contribution in [0.25, 0.3) is 0 Å². The van der Waals surface area contributed by atoms with Crippen LogP contribution in [-0.4, -0.2) is 16.3 Å². The Hall–Kier alpha value is -0.500. The first kappa shape index (κ1) is 14.1. The molecule has 2 heteroatoms. The molecule has 2 N–H and O–H groups in total. The molecule has 3 saturated carbocycles. The van der Waals surface area contributed by atoms with Crippen molar-refractivity contribution >= 4 is 0 Å². The molecule has 3 fully saturated rings. The van der Waals surface area contributed by atoms with E-state index in [1.165, 1.54) is 32.1 Å². The SMILES string of the molecule is C[C@]12CC=C(O)CC1CC[C@@H]1[C@H]2CC[C@]2(C)C(O)CC[C@@H]12. The monoisotopic (exact) mass is 290 g/mol. The molecular formula is C19H30O2. The van der Waals surface area contributed by atoms with Crippen molar-refractivity contribution in [2.45, 2.75) is 71.3 Å². The highest BCUT2D eigenvalue weighted by Crippen LogP contribution is 2.65. The van der Waals surface area contributed by atoms with Gasteiger partial charge in [-0.15, -0.1) is 0 Å². The van der Waals surface area contributed by atoms with Crippen LogP contribution >= 0.6 is 0 Å². The second-order valence-corrected chi connectivity index (χ2v) is 8.90. The number of fused-ring (bicyclic) bond motifs is 5. The number of hydrogen-bond acceptors (Lipinski definition) is 2. The normalized spacial score (nSPS) is 56.1. The topological polar surface area (TPSA) is 40.5 Å². The molecule has 7 atom stereocenters. The van der Waals surface area contributed by atoms with Crippen LogP contribution in [0.2, 0.25) is 0 Å². The van der Waals surface area contributed by atoms with Gasteiger partial charge in [0.2, 0.25) is 0 Å². The second kappa shape index (κ2) is 4.50. The zero-order valence-electron chi connectivity index (χ0n) is 13.5. The molecule has 2 nitrogen and oxygen atoms in total. The van der Waals surface area contributed by atoms with E-state index in [1.54, 1.807) is 0 Å². The Labute approximate surface area is 128 Å². The van der Waals surface area contributed by atoms with Gasteiger partial charge in [-0.05, 0) is 85.5 Å². The number of hydrogen-bond donors (Lipinski definition) is 2. The highest BCUT2D eigenvalue weighted by molar-refractivity contribution is 5.14. The van der Waals surface area contributed by atoms with E-state index in [0.717, 1.165) is 37.0 Å². The molecular weight excluding hydrogens is 260 g/mol. The lowest BCUT2D eigenvalue weighted by Crippen LogP contribution is -2.53. The van der Waals surface area contributed by atoms with Gasteiger partial charge in [-0.2, -0.15) is 0 Å². The summed E-state index contributed by atoms with van der Waals surface area (Å²) in [6, 6.07) is 0. The molecule has 4 rings (SSSR count). The number of rotatable bonds is 0. The Morgan fingerprint density at radius 1 is 1.00 bits per heavy atom. The Morgan fingerprint density at radius 3 is 2.57 bits per heavy atom. The van der Waals surface area contributed by atoms with Gasteiger partial charge < -0.3 is 10.2 Å². The summed E-state index contributed by atoms with van der Waals surface area (Å²) in [5, 5.41) is 20.4. The molecule has 0 spiro atoms. The first-order valence-electron chi connectivity index (χ1n) is 9.01. The van der Waals surface area contributed by atoms with Crippen LogP contribution in [0.5, 0.6) is 0 Å². The predicted molar refractivity (Wildman–Crippen MR) is 83.8 cm³/mol. The molecule has 0 saturated heterocycles. The number of allylic oxidation sites excluding steroid dienone is 2. The first-order chi connectivity index (χ1) is 9.95. The summed E-state index contributed by atoms with van der Waals surface area (Å²) in [5.74, 6) is 3.68. The lowest BCUT2D eigenvalue weighted by Gasteiger charge is -2.59. The zero-order valence-corrected chi connectivity index (χ0v) is 13.5. The van der Waals surface area contributed by atoms with Crippen LogP contribution in [0.4, 0.5) is 0 Å². The molecule has 118 valence electrons. The standard InChI is InChI=1S/C19H30O2/c1-18-9-7-13(20)11-12(18)3-4-14-15-5-6-17(21)19(15,2)10-8-16(14)18/h7,12,14-17,20-21H,3-6,8-11H2,1-2H3/t12?,14-,15-,16+,17?,18-,19-/m0/s1. The van der Waals surface area contributed by atoms with Gasteiger partial charge in [0.15, 0.2) is 0 Å². The van der Waals surface area contributed by atoms with Gasteiger partial charge in [-0.3, -0.25) is 0 Å². The van der Waals surface area contributed by atoms with Gasteiger partial charge in [0.05, 0.1) is 11.9 Å². The van der Waals surface area contributed by atoms with E-state index >= 15 is 0 Å². The Balaban J connectivity index is 1.65. The molecule has 0 radical (unpaired) electrons. The molecule has 0 bridgehead atoms. The molecule has 4 aliphatic carbocycles. The van der Waals surface area contributed by atoms with Gasteiger partial charge in [0, 0.05) is 6.42 Å². The van der Waals surface area contributed by atoms with Crippen molar-refractivity contribution < 1.29 is 10.2 Å². The van der Waals surface area contributed by atoms with Crippen LogP contribution in [-0.2, 0) is 0 Å². The van der Waals surface area contributed by atoms with E-state index in [4.69, 9.17) is 0 Å². The quantitative estimate of drug-likeness (QED) is 0.692. The van der Waals surface area contributed by atoms with Gasteiger partial charge in [0.1, 0.15) is 0 Å². The third kappa shape index (κ3) is 1.81. The largest absolute Gasteiger partial charge is 0.513 e. The molecule has 0 aliphatic heterocycles. The summed E-state index contributed by atoms with van der Waals surface area (Å²) in [6.45, 7) is 4.85. The van der Waals surface area contributed by atoms with E-state index < -0.39 is 0 Å². The van der Waals surface area contributed by atoms with Crippen LogP contribution in [0, 0.1) is 34.5 Å². The molecule has 2 unspecified atom stereocenters. The predicted octanol–water partition coefficient (Wildman–Crippen LogP) is 4.44. The third-order valence-corrected chi connectivity index (χ3v) is 8.25. The average Bonchev–Trinajstić information content (AvgIpc) is 2.76. The van der Waals surface area contributed by atoms with Crippen molar-refractivity contribution in [1.82, 2.24) is 0 Å². The Morgan fingerprint density at radius 2 is 1.76 bits per heavy atom. The fourth-order valence-electron chi connectivity index (χ4n) is 6.83. The lowest BCUT2D eigenvalue weighted by atomic mass is 9.46. The van der Waals surface area contributed by atoms with Gasteiger partial charge in [-0.25, -0.2) is 0 Å². The number of aliphatic hydroxyl groups excluding tert-OH is 2. The molecule has 4 aliphatic rings. The lowest BCUT2D eigenvalue weighted by molar-refractivity contribution is -0.111. The van der Waals surface area contributed by atoms with Crippen molar-refractivity contribution in [2.24, 2.45) is 34.5 Å². The fraction of sp³-hybridized carbons (Fsp3) is 0.895. The van der Waals surface area contributed by atoms with Crippen molar-refractivity contribution in [2.75, 3.05) is 0 Å². The average molecular weight is 290 g/mol. The molecule has 21 heavy (non-hydrogen) atoms. The fourth-order valence-corrected chi connectivity index (χ4v) is 6.83. The minimum Gasteiger partial charge on any atom is -0.513 e.